The van der Waals surface area contributed by atoms with Crippen LogP contribution in [0.1, 0.15) is 39.3 Å². The van der Waals surface area contributed by atoms with Gasteiger partial charge >= 0.3 is 5.97 Å². The summed E-state index contributed by atoms with van der Waals surface area (Å²) in [5.74, 6) is -0.268. The highest BCUT2D eigenvalue weighted by atomic mass is 16.5. The van der Waals surface area contributed by atoms with E-state index in [4.69, 9.17) is 0 Å². The molecule has 0 saturated carbocycles. The van der Waals surface area contributed by atoms with Crippen molar-refractivity contribution in [1.82, 2.24) is 9.78 Å². The topological polar surface area (TPSA) is 61.2 Å². The van der Waals surface area contributed by atoms with Gasteiger partial charge in [0.15, 0.2) is 0 Å². The van der Waals surface area contributed by atoms with Gasteiger partial charge in [0, 0.05) is 24.4 Å². The van der Waals surface area contributed by atoms with Crippen molar-refractivity contribution < 1.29 is 9.53 Å². The van der Waals surface area contributed by atoms with Crippen molar-refractivity contribution in [3.05, 3.63) is 28.2 Å². The van der Waals surface area contributed by atoms with E-state index in [1.807, 2.05) is 20.8 Å². The van der Waals surface area contributed by atoms with Crippen LogP contribution in [0.15, 0.2) is 16.9 Å². The first-order valence-electron chi connectivity index (χ1n) is 6.00. The molecule has 1 rings (SSSR count). The smallest absolute Gasteiger partial charge is 0.305 e. The van der Waals surface area contributed by atoms with E-state index in [0.717, 1.165) is 5.69 Å². The second kappa shape index (κ2) is 5.80. The van der Waals surface area contributed by atoms with Crippen LogP contribution in [-0.2, 0) is 21.5 Å². The van der Waals surface area contributed by atoms with Crippen molar-refractivity contribution in [3.63, 3.8) is 0 Å². The lowest BCUT2D eigenvalue weighted by atomic mass is 9.92. The molecule has 0 unspecified atom stereocenters. The Kier molecular flexibility index (Phi) is 4.64. The molecule has 0 aliphatic rings. The summed E-state index contributed by atoms with van der Waals surface area (Å²) in [5, 5.41) is 4.32. The molecule has 5 nitrogen and oxygen atoms in total. The number of hydrogen-bond donors (Lipinski definition) is 0. The van der Waals surface area contributed by atoms with Crippen LogP contribution in [0.2, 0.25) is 0 Å². The average molecular weight is 252 g/mol. The largest absolute Gasteiger partial charge is 0.469 e. The van der Waals surface area contributed by atoms with Crippen LogP contribution in [0.4, 0.5) is 0 Å². The standard InChI is InChI=1S/C13H20N2O3/c1-13(2,3)10-7-8-11(16)15(14-10)9-5-6-12(17)18-4/h7-8H,5-6,9H2,1-4H3. The second-order valence-corrected chi connectivity index (χ2v) is 5.21. The summed E-state index contributed by atoms with van der Waals surface area (Å²) in [6.07, 6.45) is 0.845. The molecule has 1 aromatic heterocycles. The molecule has 100 valence electrons. The Morgan fingerprint density at radius 1 is 1.39 bits per heavy atom. The number of carbonyl (C=O) groups excluding carboxylic acids is 1. The van der Waals surface area contributed by atoms with Crippen LogP contribution in [-0.4, -0.2) is 22.9 Å². The van der Waals surface area contributed by atoms with Gasteiger partial charge in [0.05, 0.1) is 12.8 Å². The summed E-state index contributed by atoms with van der Waals surface area (Å²) in [4.78, 5) is 22.6. The predicted octanol–water partition coefficient (Wildman–Crippen LogP) is 1.49. The Hall–Kier alpha value is -1.65. The third-order valence-electron chi connectivity index (χ3n) is 2.61. The summed E-state index contributed by atoms with van der Waals surface area (Å²) in [7, 11) is 1.35. The minimum atomic E-state index is -0.268. The lowest BCUT2D eigenvalue weighted by Gasteiger charge is -2.18. The molecule has 5 heteroatoms. The number of hydrogen-bond acceptors (Lipinski definition) is 4. The van der Waals surface area contributed by atoms with Gasteiger partial charge in [0.2, 0.25) is 0 Å². The number of rotatable bonds is 4. The van der Waals surface area contributed by atoms with Crippen LogP contribution < -0.4 is 5.56 Å². The molecule has 1 heterocycles. The quantitative estimate of drug-likeness (QED) is 0.762. The molecule has 0 aromatic carbocycles. The minimum absolute atomic E-state index is 0.0994. The highest BCUT2D eigenvalue weighted by molar-refractivity contribution is 5.68. The fraction of sp³-hybridized carbons (Fsp3) is 0.615. The minimum Gasteiger partial charge on any atom is -0.469 e. The van der Waals surface area contributed by atoms with E-state index >= 15 is 0 Å². The van der Waals surface area contributed by atoms with E-state index in [9.17, 15) is 9.59 Å². The van der Waals surface area contributed by atoms with E-state index in [2.05, 4.69) is 9.84 Å². The van der Waals surface area contributed by atoms with Gasteiger partial charge in [-0.05, 0) is 12.5 Å². The lowest BCUT2D eigenvalue weighted by molar-refractivity contribution is -0.140. The molecule has 0 aliphatic carbocycles. The predicted molar refractivity (Wildman–Crippen MR) is 68.4 cm³/mol. The Labute approximate surface area is 107 Å². The van der Waals surface area contributed by atoms with Crippen molar-refractivity contribution in [2.45, 2.75) is 45.6 Å². The van der Waals surface area contributed by atoms with E-state index < -0.39 is 0 Å². The van der Waals surface area contributed by atoms with Crippen molar-refractivity contribution in [1.29, 1.82) is 0 Å². The van der Waals surface area contributed by atoms with Crippen molar-refractivity contribution in [2.75, 3.05) is 7.11 Å². The Bertz CT molecular complexity index is 472. The SMILES string of the molecule is COC(=O)CCCn1nc(C(C)(C)C)ccc1=O. The van der Waals surface area contributed by atoms with Crippen LogP contribution in [0.25, 0.3) is 0 Å². The summed E-state index contributed by atoms with van der Waals surface area (Å²) in [6, 6.07) is 3.27. The molecule has 0 radical (unpaired) electrons. The fourth-order valence-electron chi connectivity index (χ4n) is 1.48. The highest BCUT2D eigenvalue weighted by Gasteiger charge is 2.16. The van der Waals surface area contributed by atoms with Gasteiger partial charge in [0.1, 0.15) is 0 Å². The highest BCUT2D eigenvalue weighted by Crippen LogP contribution is 2.18. The molecular formula is C13H20N2O3. The van der Waals surface area contributed by atoms with Gasteiger partial charge < -0.3 is 4.74 Å². The van der Waals surface area contributed by atoms with Gasteiger partial charge in [-0.3, -0.25) is 9.59 Å². The molecule has 0 saturated heterocycles. The third kappa shape index (κ3) is 3.98. The van der Waals surface area contributed by atoms with Crippen molar-refractivity contribution in [3.8, 4) is 0 Å². The number of aromatic nitrogens is 2. The molecule has 0 fully saturated rings. The normalized spacial score (nSPS) is 11.3. The molecule has 0 spiro atoms. The summed E-state index contributed by atoms with van der Waals surface area (Å²) in [5.41, 5.74) is 0.616. The number of esters is 1. The van der Waals surface area contributed by atoms with Gasteiger partial charge in [-0.1, -0.05) is 20.8 Å². The molecule has 0 amide bonds. The van der Waals surface area contributed by atoms with Crippen molar-refractivity contribution in [2.24, 2.45) is 0 Å². The first-order chi connectivity index (χ1) is 8.34. The van der Waals surface area contributed by atoms with E-state index in [1.54, 1.807) is 6.07 Å². The molecular weight excluding hydrogens is 232 g/mol. The maximum absolute atomic E-state index is 11.6. The molecule has 0 aliphatic heterocycles. The first kappa shape index (κ1) is 14.4. The van der Waals surface area contributed by atoms with Gasteiger partial charge in [-0.25, -0.2) is 4.68 Å². The first-order valence-corrected chi connectivity index (χ1v) is 6.00. The van der Waals surface area contributed by atoms with Crippen LogP contribution in [0.3, 0.4) is 0 Å². The lowest BCUT2D eigenvalue weighted by Crippen LogP contribution is -2.27. The number of carbonyl (C=O) groups is 1. The molecule has 18 heavy (non-hydrogen) atoms. The maximum Gasteiger partial charge on any atom is 0.305 e. The number of ether oxygens (including phenoxy) is 1. The van der Waals surface area contributed by atoms with Gasteiger partial charge in [-0.15, -0.1) is 0 Å². The molecule has 0 bridgehead atoms. The zero-order valence-corrected chi connectivity index (χ0v) is 11.4. The summed E-state index contributed by atoms with van der Waals surface area (Å²) < 4.78 is 5.96. The average Bonchev–Trinajstić information content (AvgIpc) is 2.29. The van der Waals surface area contributed by atoms with E-state index in [-0.39, 0.29) is 16.9 Å². The number of aryl methyl sites for hydroxylation is 1. The maximum atomic E-state index is 11.6. The Morgan fingerprint density at radius 3 is 2.61 bits per heavy atom. The third-order valence-corrected chi connectivity index (χ3v) is 2.61. The van der Waals surface area contributed by atoms with Crippen LogP contribution in [0, 0.1) is 0 Å². The molecule has 0 N–H and O–H groups in total. The summed E-state index contributed by atoms with van der Waals surface area (Å²) >= 11 is 0. The van der Waals surface area contributed by atoms with Gasteiger partial charge in [-0.2, -0.15) is 5.10 Å². The fourth-order valence-corrected chi connectivity index (χ4v) is 1.48. The Balaban J connectivity index is 2.76. The van der Waals surface area contributed by atoms with E-state index in [1.165, 1.54) is 17.9 Å². The van der Waals surface area contributed by atoms with Crippen LogP contribution >= 0.6 is 0 Å². The van der Waals surface area contributed by atoms with E-state index in [0.29, 0.717) is 19.4 Å². The second-order valence-electron chi connectivity index (χ2n) is 5.21. The zero-order valence-electron chi connectivity index (χ0n) is 11.4. The van der Waals surface area contributed by atoms with Crippen molar-refractivity contribution >= 4 is 5.97 Å². The number of methoxy groups -OCH3 is 1. The molecule has 0 atom stereocenters. The number of nitrogens with zero attached hydrogens (tertiary/aromatic N) is 2. The van der Waals surface area contributed by atoms with Crippen LogP contribution in [0.5, 0.6) is 0 Å². The summed E-state index contributed by atoms with van der Waals surface area (Å²) in [6.45, 7) is 6.55. The zero-order chi connectivity index (χ0) is 13.8. The molecule has 1 aromatic rings. The Morgan fingerprint density at radius 2 is 2.06 bits per heavy atom. The monoisotopic (exact) mass is 252 g/mol. The van der Waals surface area contributed by atoms with Gasteiger partial charge in [0.25, 0.3) is 5.56 Å².